The van der Waals surface area contributed by atoms with Crippen molar-refractivity contribution < 1.29 is 47.7 Å². The summed E-state index contributed by atoms with van der Waals surface area (Å²) in [6.45, 7) is 11.8. The summed E-state index contributed by atoms with van der Waals surface area (Å²) in [5, 5.41) is 0. The number of carbonyl (C=O) groups excluding carboxylic acids is 6. The molecule has 10 nitrogen and oxygen atoms in total. The Labute approximate surface area is 440 Å². The summed E-state index contributed by atoms with van der Waals surface area (Å²) in [5.74, 6) is 6.69. The van der Waals surface area contributed by atoms with Crippen molar-refractivity contribution in [2.75, 3.05) is 0 Å². The highest BCUT2D eigenvalue weighted by molar-refractivity contribution is 5.92. The maximum atomic E-state index is 13.5. The van der Waals surface area contributed by atoms with Crippen LogP contribution in [0.3, 0.4) is 0 Å². The van der Waals surface area contributed by atoms with Crippen LogP contribution in [0.15, 0.2) is 41.5 Å². The first kappa shape index (κ1) is 50.7. The molecule has 400 valence electrons. The molecule has 0 radical (unpaired) electrons. The molecule has 0 heterocycles. The summed E-state index contributed by atoms with van der Waals surface area (Å²) in [6.07, 6.45) is 23.0. The minimum absolute atomic E-state index is 0.00646. The number of benzene rings is 1. The number of ketones is 2. The quantitative estimate of drug-likeness (QED) is 0.126. The maximum absolute atomic E-state index is 13.5. The van der Waals surface area contributed by atoms with E-state index in [9.17, 15) is 28.8 Å². The van der Waals surface area contributed by atoms with Crippen molar-refractivity contribution in [3.05, 3.63) is 52.6 Å². The Kier molecular flexibility index (Phi) is 13.3. The van der Waals surface area contributed by atoms with Crippen LogP contribution in [0.2, 0.25) is 0 Å². The van der Waals surface area contributed by atoms with Gasteiger partial charge in [0.2, 0.25) is 0 Å². The first-order valence-corrected chi connectivity index (χ1v) is 29.9. The molecule has 0 aliphatic heterocycles. The lowest BCUT2D eigenvalue weighted by molar-refractivity contribution is -0.166. The highest BCUT2D eigenvalue weighted by atomic mass is 16.6. The highest BCUT2D eigenvalue weighted by Crippen LogP contribution is 2.66. The number of carbonyl (C=O) groups is 6. The van der Waals surface area contributed by atoms with Crippen LogP contribution in [0, 0.1) is 87.3 Å². The molecule has 0 amide bonds. The fourth-order valence-electron chi connectivity index (χ4n) is 20.8. The average molecular weight is 1010 g/mol. The molecule has 0 aromatic heterocycles. The Morgan fingerprint density at radius 2 is 0.959 bits per heavy atom. The monoisotopic (exact) mass is 1010 g/mol. The fourth-order valence-corrected chi connectivity index (χ4v) is 20.8. The van der Waals surface area contributed by atoms with Gasteiger partial charge < -0.3 is 18.9 Å². The minimum atomic E-state index is -0.418. The van der Waals surface area contributed by atoms with Gasteiger partial charge >= 0.3 is 23.9 Å². The van der Waals surface area contributed by atoms with E-state index in [2.05, 4.69) is 40.7 Å². The topological polar surface area (TPSA) is 139 Å². The van der Waals surface area contributed by atoms with E-state index in [1.165, 1.54) is 22.3 Å². The molecule has 0 N–H and O–H groups in total. The molecule has 12 rings (SSSR count). The van der Waals surface area contributed by atoms with E-state index in [4.69, 9.17) is 18.9 Å². The van der Waals surface area contributed by atoms with Crippen LogP contribution >= 0.6 is 0 Å². The lowest BCUT2D eigenvalue weighted by Crippen LogP contribution is -2.51. The Morgan fingerprint density at radius 3 is 1.47 bits per heavy atom. The third-order valence-corrected chi connectivity index (χ3v) is 23.7. The summed E-state index contributed by atoms with van der Waals surface area (Å²) in [4.78, 5) is 78.0. The molecule has 74 heavy (non-hydrogen) atoms. The van der Waals surface area contributed by atoms with Gasteiger partial charge in [0.05, 0.1) is 25.7 Å². The van der Waals surface area contributed by atoms with Crippen molar-refractivity contribution in [1.29, 1.82) is 0 Å². The van der Waals surface area contributed by atoms with Crippen LogP contribution in [-0.4, -0.2) is 53.8 Å². The molecular weight excluding hydrogens is 929 g/mol. The summed E-state index contributed by atoms with van der Waals surface area (Å²) in [5.41, 5.74) is 5.12. The van der Waals surface area contributed by atoms with Gasteiger partial charge in [0.25, 0.3) is 0 Å². The van der Waals surface area contributed by atoms with Gasteiger partial charge in [-0.15, -0.1) is 0 Å². The second-order valence-electron chi connectivity index (χ2n) is 27.3. The smallest absolute Gasteiger partial charge is 0.311 e. The zero-order valence-corrected chi connectivity index (χ0v) is 45.2. The fraction of sp³-hybridized carbons (Fsp3) is 0.750. The second kappa shape index (κ2) is 19.4. The maximum Gasteiger partial charge on any atom is 0.311 e. The average Bonchev–Trinajstić information content (AvgIpc) is 4.00. The Bertz CT molecular complexity index is 2520. The Hall–Kier alpha value is -4.08. The van der Waals surface area contributed by atoms with Gasteiger partial charge in [0.1, 0.15) is 24.1 Å². The van der Waals surface area contributed by atoms with Crippen molar-refractivity contribution >= 4 is 35.4 Å². The molecule has 1 aromatic carbocycles. The standard InChI is InChI=1S/C64H84O10/c1-35-33-63(4)51(48-13-7-37-30-40(65)9-15-44(37)60(35)48)19-22-54(63)73-58(69)25-24-56(67)71-42-11-17-43-39(32-42)6-12-47-46(43)28-29-62(3)50(47)18-21-53(62)72-57(68)26-27-59(70)74-55-23-20-52-49-14-8-38-31-41(66)10-16-45(38)61(49)36(2)34-64(52,55)5/h11,17,30-32,35-36,44-55,60-61H,6-10,12-16,18-29,33-34H2,1-5H3. The van der Waals surface area contributed by atoms with E-state index in [0.717, 1.165) is 116 Å². The molecule has 19 atom stereocenters. The molecule has 1 aromatic rings. The van der Waals surface area contributed by atoms with Crippen LogP contribution in [0.1, 0.15) is 199 Å². The predicted molar refractivity (Wildman–Crippen MR) is 278 cm³/mol. The molecule has 0 saturated heterocycles. The van der Waals surface area contributed by atoms with Crippen molar-refractivity contribution in [2.45, 2.75) is 213 Å². The lowest BCUT2D eigenvalue weighted by Gasteiger charge is -2.56. The van der Waals surface area contributed by atoms with Gasteiger partial charge in [-0.25, -0.2) is 0 Å². The van der Waals surface area contributed by atoms with E-state index < -0.39 is 5.97 Å². The number of hydrogen-bond donors (Lipinski definition) is 0. The van der Waals surface area contributed by atoms with Crippen LogP contribution in [0.5, 0.6) is 5.75 Å². The molecule has 11 aliphatic rings. The Balaban J connectivity index is 0.593. The molecule has 0 spiro atoms. The van der Waals surface area contributed by atoms with E-state index in [-0.39, 0.29) is 78.1 Å². The second-order valence-corrected chi connectivity index (χ2v) is 27.3. The third kappa shape index (κ3) is 8.71. The van der Waals surface area contributed by atoms with Crippen LogP contribution in [0.4, 0.5) is 0 Å². The summed E-state index contributed by atoms with van der Waals surface area (Å²) in [6, 6.07) is 6.11. The van der Waals surface area contributed by atoms with Crippen molar-refractivity contribution in [1.82, 2.24) is 0 Å². The summed E-state index contributed by atoms with van der Waals surface area (Å²) >= 11 is 0. The van der Waals surface area contributed by atoms with E-state index in [1.54, 1.807) is 0 Å². The third-order valence-electron chi connectivity index (χ3n) is 23.7. The number of ether oxygens (including phenoxy) is 4. The SMILES string of the molecule is CC1CC2(C)C(OC(=O)CCC(=O)Oc3ccc4c(c3)CCC3C4CCC4(C)C(OC(=O)CCC(=O)OC5CCC6C7CCC8=CC(=O)CCC8C7C(C)CC56C)CCC34)CCC2C2CCC3=CC(=O)CCC3C12. The number of allylic oxidation sites excluding steroid dienone is 2. The minimum Gasteiger partial charge on any atom is -0.462 e. The summed E-state index contributed by atoms with van der Waals surface area (Å²) < 4.78 is 24.7. The molecular formula is C64H84O10. The van der Waals surface area contributed by atoms with Crippen molar-refractivity contribution in [3.8, 4) is 5.75 Å². The zero-order chi connectivity index (χ0) is 51.4. The van der Waals surface area contributed by atoms with Crippen molar-refractivity contribution in [2.24, 2.45) is 87.3 Å². The van der Waals surface area contributed by atoms with E-state index in [0.29, 0.717) is 107 Å². The van der Waals surface area contributed by atoms with Gasteiger partial charge in [0, 0.05) is 29.1 Å². The molecule has 10 heteroatoms. The largest absolute Gasteiger partial charge is 0.462 e. The molecule has 8 saturated carbocycles. The number of esters is 4. The van der Waals surface area contributed by atoms with E-state index >= 15 is 0 Å². The van der Waals surface area contributed by atoms with E-state index in [1.807, 2.05) is 24.3 Å². The van der Waals surface area contributed by atoms with Crippen molar-refractivity contribution in [3.63, 3.8) is 0 Å². The number of aryl methyl sites for hydroxylation is 1. The predicted octanol–water partition coefficient (Wildman–Crippen LogP) is 12.5. The van der Waals surface area contributed by atoms with Gasteiger partial charge in [0.15, 0.2) is 11.6 Å². The number of rotatable bonds is 10. The summed E-state index contributed by atoms with van der Waals surface area (Å²) in [7, 11) is 0. The molecule has 11 aliphatic carbocycles. The normalized spacial score (nSPS) is 43.5. The van der Waals surface area contributed by atoms with Gasteiger partial charge in [-0.3, -0.25) is 28.8 Å². The highest BCUT2D eigenvalue weighted by Gasteiger charge is 2.62. The molecule has 8 fully saturated rings. The van der Waals surface area contributed by atoms with Gasteiger partial charge in [-0.1, -0.05) is 51.8 Å². The zero-order valence-electron chi connectivity index (χ0n) is 45.2. The Morgan fingerprint density at radius 1 is 0.500 bits per heavy atom. The van der Waals surface area contributed by atoms with Crippen LogP contribution < -0.4 is 4.74 Å². The van der Waals surface area contributed by atoms with Gasteiger partial charge in [-0.05, 0) is 228 Å². The van der Waals surface area contributed by atoms with Gasteiger partial charge in [-0.2, -0.15) is 0 Å². The number of hydrogen-bond acceptors (Lipinski definition) is 10. The number of fused-ring (bicyclic) bond motifs is 15. The molecule has 0 bridgehead atoms. The van der Waals surface area contributed by atoms with Crippen LogP contribution in [-0.2, 0) is 49.4 Å². The first-order chi connectivity index (χ1) is 35.5. The lowest BCUT2D eigenvalue weighted by atomic mass is 9.49. The molecule has 19 unspecified atom stereocenters. The van der Waals surface area contributed by atoms with Crippen LogP contribution in [0.25, 0.3) is 0 Å². The first-order valence-electron chi connectivity index (χ1n) is 29.9.